The maximum absolute atomic E-state index is 13.3. The van der Waals surface area contributed by atoms with Crippen LogP contribution in [0.5, 0.6) is 0 Å². The molecule has 1 aliphatic rings. The van der Waals surface area contributed by atoms with Crippen LogP contribution < -0.4 is 21.7 Å². The van der Waals surface area contributed by atoms with E-state index in [1.54, 1.807) is 0 Å². The molecule has 1 heterocycles. The molecule has 0 spiro atoms. The number of carbonyl (C=O) groups excluding carboxylic acids is 6. The fraction of sp³-hybridized carbons (Fsp3) is 0.857. The van der Waals surface area contributed by atoms with Crippen molar-refractivity contribution in [3.8, 4) is 0 Å². The quantitative estimate of drug-likeness (QED) is 0.0280. The van der Waals surface area contributed by atoms with Gasteiger partial charge in [0.2, 0.25) is 23.6 Å². The Morgan fingerprint density at radius 3 is 1.74 bits per heavy atom. The van der Waals surface area contributed by atoms with Crippen LogP contribution in [0, 0.1) is 0 Å². The summed E-state index contributed by atoms with van der Waals surface area (Å²) in [4.78, 5) is 87.2. The molecule has 382 valence electrons. The van der Waals surface area contributed by atoms with E-state index in [1.165, 1.54) is 111 Å². The Morgan fingerprint density at radius 2 is 1.24 bits per heavy atom. The SMILES string of the molecule is [2H]N(C(=O)[C@@H](C)O[C@H]1[C@H](O)[C@@H](COC(=O)C[C@@H](CCCCCCCCCCC)OC(=O)CCCCCCCCCCCCCCC)OC[C@@H]1NC(C)=O)[C@@H](C)C(=O)N[C@@H](CCC(=O)O)C(N)=O. The first-order chi connectivity index (χ1) is 32.0. The number of hydrogen-bond acceptors (Lipinski definition) is 12. The fourth-order valence-electron chi connectivity index (χ4n) is 7.91. The molecule has 1 rings (SSSR count). The summed E-state index contributed by atoms with van der Waals surface area (Å²) in [5.74, 6) is -5.67. The zero-order chi connectivity index (χ0) is 50.0. The molecule has 17 heteroatoms. The highest BCUT2D eigenvalue weighted by atomic mass is 16.6. The van der Waals surface area contributed by atoms with Crippen LogP contribution in [0.2, 0.25) is 1.41 Å². The molecule has 0 aromatic rings. The summed E-state index contributed by atoms with van der Waals surface area (Å²) in [5, 5.41) is 25.6. The van der Waals surface area contributed by atoms with Crippen molar-refractivity contribution in [2.45, 2.75) is 257 Å². The Hall–Kier alpha value is -3.83. The first-order valence-corrected chi connectivity index (χ1v) is 25.2. The average Bonchev–Trinajstić information content (AvgIpc) is 3.28. The van der Waals surface area contributed by atoms with Gasteiger partial charge < -0.3 is 50.8 Å². The molecule has 0 unspecified atom stereocenters. The zero-order valence-electron chi connectivity index (χ0n) is 42.0. The minimum atomic E-state index is -1.55. The van der Waals surface area contributed by atoms with Crippen molar-refractivity contribution in [3.63, 3.8) is 0 Å². The molecule has 0 aliphatic carbocycles. The fourth-order valence-corrected chi connectivity index (χ4v) is 7.91. The third-order valence-corrected chi connectivity index (χ3v) is 11.9. The van der Waals surface area contributed by atoms with Gasteiger partial charge in [0.25, 0.3) is 0 Å². The summed E-state index contributed by atoms with van der Waals surface area (Å²) in [6, 6.07) is -3.80. The lowest BCUT2D eigenvalue weighted by molar-refractivity contribution is -0.198. The van der Waals surface area contributed by atoms with E-state index < -0.39 is 97.2 Å². The van der Waals surface area contributed by atoms with Gasteiger partial charge in [0.1, 0.15) is 49.2 Å². The number of nitrogens with one attached hydrogen (secondary N) is 3. The Balaban J connectivity index is 2.82. The predicted octanol–water partition coefficient (Wildman–Crippen LogP) is 6.61. The van der Waals surface area contributed by atoms with Gasteiger partial charge in [-0.2, -0.15) is 0 Å². The number of aliphatic hydroxyl groups is 1. The molecule has 17 nitrogen and oxygen atoms in total. The number of carbonyl (C=O) groups is 7. The van der Waals surface area contributed by atoms with E-state index in [-0.39, 0.29) is 31.8 Å². The van der Waals surface area contributed by atoms with Crippen molar-refractivity contribution in [2.24, 2.45) is 5.73 Å². The number of unbranched alkanes of at least 4 members (excludes halogenated alkanes) is 20. The van der Waals surface area contributed by atoms with E-state index in [9.17, 15) is 38.7 Å². The standard InChI is InChI=1S/C49H88N4O13/c1-6-8-10-12-14-16-17-18-19-21-23-25-27-29-43(57)66-38(28-26-24-22-20-15-13-11-9-7-2)32-44(58)64-34-41-45(59)46(40(33-63-41)52-37(5)54)65-36(4)49(62)51-35(3)48(61)53-39(47(50)60)30-31-42(55)56/h35-36,38-41,45-46,59H,6-34H2,1-5H3,(H2,50,60)(H,51,62)(H,52,54)(H,53,61)(H,55,56)/t35-,36+,38+,39-,40-,41+,45+,46+/m0/s1/i/hD. The normalized spacial score (nSPS) is 19.1. The molecule has 0 saturated carbocycles. The Bertz CT molecular complexity index is 1440. The van der Waals surface area contributed by atoms with E-state index >= 15 is 0 Å². The van der Waals surface area contributed by atoms with Crippen molar-refractivity contribution in [2.75, 3.05) is 13.2 Å². The number of amides is 4. The van der Waals surface area contributed by atoms with Gasteiger partial charge in [0.15, 0.2) is 1.41 Å². The minimum Gasteiger partial charge on any atom is -0.481 e. The van der Waals surface area contributed by atoms with Gasteiger partial charge in [-0.3, -0.25) is 33.6 Å². The average molecular weight is 942 g/mol. The number of rotatable bonds is 40. The molecular formula is C49H88N4O13. The molecule has 1 fully saturated rings. The summed E-state index contributed by atoms with van der Waals surface area (Å²) >= 11 is 0. The number of hydrogen-bond donors (Lipinski definition) is 6. The van der Waals surface area contributed by atoms with E-state index in [0.717, 1.165) is 51.4 Å². The molecule has 4 amide bonds. The van der Waals surface area contributed by atoms with Crippen LogP contribution in [-0.4, -0.2) is 114 Å². The van der Waals surface area contributed by atoms with E-state index in [4.69, 9.17) is 31.2 Å². The Morgan fingerprint density at radius 1 is 0.727 bits per heavy atom. The van der Waals surface area contributed by atoms with E-state index in [2.05, 4.69) is 24.5 Å². The van der Waals surface area contributed by atoms with Crippen LogP contribution >= 0.6 is 0 Å². The van der Waals surface area contributed by atoms with Crippen LogP contribution in [-0.2, 0) is 52.5 Å². The molecule has 1 saturated heterocycles. The molecule has 8 atom stereocenters. The molecular weight excluding hydrogens is 853 g/mol. The number of primary amides is 1. The summed E-state index contributed by atoms with van der Waals surface area (Å²) in [6.07, 6.45) is 19.3. The van der Waals surface area contributed by atoms with Gasteiger partial charge in [-0.15, -0.1) is 0 Å². The van der Waals surface area contributed by atoms with Crippen molar-refractivity contribution in [3.05, 3.63) is 0 Å². The van der Waals surface area contributed by atoms with Gasteiger partial charge in [-0.25, -0.2) is 0 Å². The zero-order valence-corrected chi connectivity index (χ0v) is 41.0. The number of carboxylic acid groups (broad SMARTS) is 1. The maximum Gasteiger partial charge on any atom is 0.309 e. The summed E-state index contributed by atoms with van der Waals surface area (Å²) in [6.45, 7) is 7.54. The summed E-state index contributed by atoms with van der Waals surface area (Å²) in [5.41, 5.74) is 5.30. The second-order valence-electron chi connectivity index (χ2n) is 18.1. The number of aliphatic carboxylic acids is 1. The lowest BCUT2D eigenvalue weighted by atomic mass is 9.97. The van der Waals surface area contributed by atoms with E-state index in [1.807, 2.05) is 0 Å². The first-order valence-electron chi connectivity index (χ1n) is 25.7. The highest BCUT2D eigenvalue weighted by Crippen LogP contribution is 2.22. The van der Waals surface area contributed by atoms with Crippen LogP contribution in [0.15, 0.2) is 0 Å². The third kappa shape index (κ3) is 29.0. The van der Waals surface area contributed by atoms with E-state index in [0.29, 0.717) is 11.7 Å². The van der Waals surface area contributed by atoms with Crippen molar-refractivity contribution in [1.29, 1.82) is 0 Å². The van der Waals surface area contributed by atoms with Crippen molar-refractivity contribution in [1.82, 2.24) is 15.9 Å². The largest absolute Gasteiger partial charge is 0.481 e. The van der Waals surface area contributed by atoms with Crippen LogP contribution in [0.1, 0.15) is 208 Å². The van der Waals surface area contributed by atoms with Gasteiger partial charge in [-0.1, -0.05) is 142 Å². The van der Waals surface area contributed by atoms with Crippen molar-refractivity contribution >= 4 is 41.5 Å². The highest BCUT2D eigenvalue weighted by Gasteiger charge is 2.43. The maximum atomic E-state index is 13.3. The molecule has 1 aliphatic heterocycles. The second-order valence-corrected chi connectivity index (χ2v) is 18.1. The predicted molar refractivity (Wildman–Crippen MR) is 251 cm³/mol. The van der Waals surface area contributed by atoms with Gasteiger partial charge in [-0.05, 0) is 39.5 Å². The molecule has 0 radical (unpaired) electrons. The van der Waals surface area contributed by atoms with Crippen LogP contribution in [0.3, 0.4) is 0 Å². The number of esters is 2. The molecule has 66 heavy (non-hydrogen) atoms. The summed E-state index contributed by atoms with van der Waals surface area (Å²) in [7, 11) is 0. The smallest absolute Gasteiger partial charge is 0.309 e. The Kier molecular flexibility index (Phi) is 32.8. The number of aliphatic hydroxyl groups excluding tert-OH is 1. The van der Waals surface area contributed by atoms with Crippen LogP contribution in [0.25, 0.3) is 0 Å². The minimum absolute atomic E-state index is 0.186. The number of nitrogens with two attached hydrogens (primary N) is 1. The summed E-state index contributed by atoms with van der Waals surface area (Å²) < 4.78 is 31.4. The highest BCUT2D eigenvalue weighted by molar-refractivity contribution is 5.92. The molecule has 0 bridgehead atoms. The van der Waals surface area contributed by atoms with Gasteiger partial charge >= 0.3 is 17.9 Å². The molecule has 0 aromatic heterocycles. The lowest BCUT2D eigenvalue weighted by Crippen LogP contribution is -2.62. The number of carboxylic acids is 1. The molecule has 0 aromatic carbocycles. The second kappa shape index (κ2) is 37.2. The van der Waals surface area contributed by atoms with Crippen molar-refractivity contribution < 1.29 is 64.1 Å². The van der Waals surface area contributed by atoms with Gasteiger partial charge in [0.05, 0.1) is 19.1 Å². The Labute approximate surface area is 396 Å². The third-order valence-electron chi connectivity index (χ3n) is 11.9. The van der Waals surface area contributed by atoms with Crippen LogP contribution in [0.4, 0.5) is 0 Å². The number of ether oxygens (including phenoxy) is 4. The first kappa shape index (κ1) is 58.3. The monoisotopic (exact) mass is 942 g/mol. The topological polar surface area (TPSA) is 259 Å². The molecule has 7 N–H and O–H groups in total. The lowest BCUT2D eigenvalue weighted by Gasteiger charge is -2.41. The van der Waals surface area contributed by atoms with Gasteiger partial charge in [0, 0.05) is 19.8 Å².